The van der Waals surface area contributed by atoms with Gasteiger partial charge in [0.05, 0.1) is 18.7 Å². The molecule has 0 aliphatic heterocycles. The summed E-state index contributed by atoms with van der Waals surface area (Å²) in [6.45, 7) is 5.96. The number of aromatic nitrogens is 2. The molecule has 2 aromatic rings. The Kier molecular flexibility index (Phi) is 6.03. The van der Waals surface area contributed by atoms with Gasteiger partial charge in [0.2, 0.25) is 5.89 Å². The third kappa shape index (κ3) is 4.17. The van der Waals surface area contributed by atoms with E-state index in [9.17, 15) is 4.79 Å². The van der Waals surface area contributed by atoms with Crippen LogP contribution in [-0.4, -0.2) is 29.8 Å². The van der Waals surface area contributed by atoms with Crippen LogP contribution in [-0.2, 0) is 0 Å². The molecule has 0 saturated heterocycles. The Bertz CT molecular complexity index is 717. The van der Waals surface area contributed by atoms with Crippen molar-refractivity contribution in [3.63, 3.8) is 0 Å². The predicted octanol–water partition coefficient (Wildman–Crippen LogP) is 3.32. The molecule has 0 bridgehead atoms. The van der Waals surface area contributed by atoms with Crippen LogP contribution in [0.1, 0.15) is 48.4 Å². The molecule has 1 heterocycles. The van der Waals surface area contributed by atoms with E-state index in [2.05, 4.69) is 15.5 Å². The number of nitrogens with zero attached hydrogens (tertiary/aromatic N) is 2. The number of carbonyl (C=O) groups is 1. The summed E-state index contributed by atoms with van der Waals surface area (Å²) in [7, 11) is 1.50. The number of benzene rings is 1. The van der Waals surface area contributed by atoms with E-state index in [-0.39, 0.29) is 5.91 Å². The highest BCUT2D eigenvalue weighted by molar-refractivity contribution is 6.32. The van der Waals surface area contributed by atoms with Crippen molar-refractivity contribution in [2.24, 2.45) is 0 Å². The molecule has 1 atom stereocenters. The van der Waals surface area contributed by atoms with Gasteiger partial charge in [0.15, 0.2) is 17.3 Å². The molecule has 7 nitrogen and oxygen atoms in total. The molecule has 0 aliphatic rings. The van der Waals surface area contributed by atoms with Gasteiger partial charge in [0.1, 0.15) is 6.04 Å². The first kappa shape index (κ1) is 18.1. The number of ether oxygens (including phenoxy) is 2. The van der Waals surface area contributed by atoms with E-state index in [0.29, 0.717) is 40.4 Å². The van der Waals surface area contributed by atoms with Crippen LogP contribution in [0.2, 0.25) is 5.02 Å². The van der Waals surface area contributed by atoms with E-state index < -0.39 is 6.04 Å². The van der Waals surface area contributed by atoms with Crippen LogP contribution >= 0.6 is 11.6 Å². The lowest BCUT2D eigenvalue weighted by Gasteiger charge is -2.15. The topological polar surface area (TPSA) is 86.5 Å². The molecule has 0 spiro atoms. The lowest BCUT2D eigenvalue weighted by molar-refractivity contribution is 0.0932. The molecule has 1 N–H and O–H groups in total. The van der Waals surface area contributed by atoms with Crippen molar-refractivity contribution in [3.8, 4) is 11.5 Å². The van der Waals surface area contributed by atoms with Crippen LogP contribution < -0.4 is 14.8 Å². The molecule has 0 saturated carbocycles. The van der Waals surface area contributed by atoms with Gasteiger partial charge >= 0.3 is 0 Å². The predicted molar refractivity (Wildman–Crippen MR) is 88.7 cm³/mol. The van der Waals surface area contributed by atoms with E-state index in [1.54, 1.807) is 19.9 Å². The maximum atomic E-state index is 12.4. The van der Waals surface area contributed by atoms with Crippen molar-refractivity contribution in [1.29, 1.82) is 0 Å². The summed E-state index contributed by atoms with van der Waals surface area (Å²) in [5, 5.41) is 6.80. The van der Waals surface area contributed by atoms with Crippen LogP contribution in [0.4, 0.5) is 0 Å². The van der Waals surface area contributed by atoms with Gasteiger partial charge in [0, 0.05) is 5.56 Å². The minimum atomic E-state index is -0.431. The monoisotopic (exact) mass is 353 g/mol. The van der Waals surface area contributed by atoms with Gasteiger partial charge in [-0.1, -0.05) is 23.7 Å². The van der Waals surface area contributed by atoms with Crippen molar-refractivity contribution >= 4 is 17.5 Å². The zero-order valence-electron chi connectivity index (χ0n) is 14.1. The van der Waals surface area contributed by atoms with Crippen LogP contribution in [0.3, 0.4) is 0 Å². The Morgan fingerprint density at radius 1 is 1.46 bits per heavy atom. The van der Waals surface area contributed by atoms with E-state index in [0.717, 1.165) is 6.42 Å². The highest BCUT2D eigenvalue weighted by Crippen LogP contribution is 2.36. The molecule has 0 radical (unpaired) electrons. The van der Waals surface area contributed by atoms with E-state index >= 15 is 0 Å². The standard InChI is InChI=1S/C16H20ClN3O4/c1-5-6-23-14-12(17)7-11(8-13(14)22-4)15(21)18-9(2)16-19-10(3)20-24-16/h7-9H,5-6H2,1-4H3,(H,18,21). The molecule has 1 aromatic heterocycles. The zero-order chi connectivity index (χ0) is 17.7. The summed E-state index contributed by atoms with van der Waals surface area (Å²) >= 11 is 6.22. The van der Waals surface area contributed by atoms with Crippen LogP contribution in [0.5, 0.6) is 11.5 Å². The van der Waals surface area contributed by atoms with Crippen LogP contribution in [0.25, 0.3) is 0 Å². The number of carbonyl (C=O) groups excluding carboxylic acids is 1. The van der Waals surface area contributed by atoms with Crippen molar-refractivity contribution < 1.29 is 18.8 Å². The molecule has 1 unspecified atom stereocenters. The fraction of sp³-hybridized carbons (Fsp3) is 0.438. The number of methoxy groups -OCH3 is 1. The van der Waals surface area contributed by atoms with Crippen molar-refractivity contribution in [1.82, 2.24) is 15.5 Å². The van der Waals surface area contributed by atoms with Crippen molar-refractivity contribution in [2.45, 2.75) is 33.2 Å². The fourth-order valence-electron chi connectivity index (χ4n) is 2.03. The third-order valence-electron chi connectivity index (χ3n) is 3.20. The van der Waals surface area contributed by atoms with Gasteiger partial charge in [0.25, 0.3) is 5.91 Å². The lowest BCUT2D eigenvalue weighted by Crippen LogP contribution is -2.27. The van der Waals surface area contributed by atoms with Gasteiger partial charge < -0.3 is 19.3 Å². The number of rotatable bonds is 7. The Morgan fingerprint density at radius 2 is 2.21 bits per heavy atom. The lowest BCUT2D eigenvalue weighted by atomic mass is 10.1. The van der Waals surface area contributed by atoms with E-state index in [1.807, 2.05) is 6.92 Å². The number of nitrogens with one attached hydrogen (secondary N) is 1. The summed E-state index contributed by atoms with van der Waals surface area (Å²) < 4.78 is 15.9. The SMILES string of the molecule is CCCOc1c(Cl)cc(C(=O)NC(C)c2nc(C)no2)cc1OC. The maximum Gasteiger partial charge on any atom is 0.252 e. The second-order valence-electron chi connectivity index (χ2n) is 5.21. The number of halogens is 1. The minimum Gasteiger partial charge on any atom is -0.493 e. The highest BCUT2D eigenvalue weighted by atomic mass is 35.5. The zero-order valence-corrected chi connectivity index (χ0v) is 14.8. The number of hydrogen-bond donors (Lipinski definition) is 1. The Labute approximate surface area is 145 Å². The molecule has 0 aliphatic carbocycles. The summed E-state index contributed by atoms with van der Waals surface area (Å²) in [6.07, 6.45) is 0.836. The Hall–Kier alpha value is -2.28. The maximum absolute atomic E-state index is 12.4. The second kappa shape index (κ2) is 8.01. The smallest absolute Gasteiger partial charge is 0.252 e. The summed E-state index contributed by atoms with van der Waals surface area (Å²) in [4.78, 5) is 16.5. The summed E-state index contributed by atoms with van der Waals surface area (Å²) in [5.41, 5.74) is 0.351. The fourth-order valence-corrected chi connectivity index (χ4v) is 2.29. The Morgan fingerprint density at radius 3 is 2.79 bits per heavy atom. The highest BCUT2D eigenvalue weighted by Gasteiger charge is 2.20. The Balaban J connectivity index is 2.18. The first-order chi connectivity index (χ1) is 11.5. The molecular formula is C16H20ClN3O4. The molecule has 24 heavy (non-hydrogen) atoms. The largest absolute Gasteiger partial charge is 0.493 e. The first-order valence-electron chi connectivity index (χ1n) is 7.57. The molecule has 1 aromatic carbocycles. The van der Waals surface area contributed by atoms with Gasteiger partial charge in [-0.2, -0.15) is 4.98 Å². The molecule has 8 heteroatoms. The van der Waals surface area contributed by atoms with Crippen LogP contribution in [0.15, 0.2) is 16.7 Å². The number of hydrogen-bond acceptors (Lipinski definition) is 6. The van der Waals surface area contributed by atoms with Crippen LogP contribution in [0, 0.1) is 6.92 Å². The minimum absolute atomic E-state index is 0.314. The summed E-state index contributed by atoms with van der Waals surface area (Å²) in [5.74, 6) is 1.34. The van der Waals surface area contributed by atoms with Gasteiger partial charge in [-0.3, -0.25) is 4.79 Å². The number of amides is 1. The van der Waals surface area contributed by atoms with Gasteiger partial charge in [-0.05, 0) is 32.4 Å². The van der Waals surface area contributed by atoms with Crippen molar-refractivity contribution in [2.75, 3.05) is 13.7 Å². The molecular weight excluding hydrogens is 334 g/mol. The molecule has 2 rings (SSSR count). The van der Waals surface area contributed by atoms with Crippen molar-refractivity contribution in [3.05, 3.63) is 34.4 Å². The average Bonchev–Trinajstić information content (AvgIpc) is 2.99. The summed E-state index contributed by atoms with van der Waals surface area (Å²) in [6, 6.07) is 2.69. The van der Waals surface area contributed by atoms with E-state index in [4.69, 9.17) is 25.6 Å². The second-order valence-corrected chi connectivity index (χ2v) is 5.62. The van der Waals surface area contributed by atoms with Gasteiger partial charge in [-0.15, -0.1) is 0 Å². The van der Waals surface area contributed by atoms with E-state index in [1.165, 1.54) is 13.2 Å². The third-order valence-corrected chi connectivity index (χ3v) is 3.48. The quantitative estimate of drug-likeness (QED) is 0.821. The molecule has 1 amide bonds. The average molecular weight is 354 g/mol. The molecule has 130 valence electrons. The first-order valence-corrected chi connectivity index (χ1v) is 7.95. The molecule has 0 fully saturated rings. The number of aryl methyl sites for hydroxylation is 1. The van der Waals surface area contributed by atoms with Gasteiger partial charge in [-0.25, -0.2) is 0 Å². The normalized spacial score (nSPS) is 11.9.